The Labute approximate surface area is 189 Å². The van der Waals surface area contributed by atoms with Gasteiger partial charge in [0.15, 0.2) is 0 Å². The van der Waals surface area contributed by atoms with Crippen molar-refractivity contribution in [2.75, 3.05) is 32.8 Å². The fourth-order valence-electron chi connectivity index (χ4n) is 3.90. The number of rotatable bonds is 9. The van der Waals surface area contributed by atoms with E-state index in [4.69, 9.17) is 9.26 Å². The molecule has 168 valence electrons. The Morgan fingerprint density at radius 1 is 1.03 bits per heavy atom. The second-order valence-electron chi connectivity index (χ2n) is 7.97. The van der Waals surface area contributed by atoms with E-state index < -0.39 is 0 Å². The average molecular weight is 435 g/mol. The summed E-state index contributed by atoms with van der Waals surface area (Å²) in [5.41, 5.74) is 2.18. The maximum Gasteiger partial charge on any atom is 0.241 e. The smallest absolute Gasteiger partial charge is 0.241 e. The first-order valence-electron chi connectivity index (χ1n) is 11.3. The summed E-state index contributed by atoms with van der Waals surface area (Å²) in [7, 11) is 0. The monoisotopic (exact) mass is 434 g/mol. The van der Waals surface area contributed by atoms with Gasteiger partial charge in [0.25, 0.3) is 0 Å². The van der Waals surface area contributed by atoms with Crippen molar-refractivity contribution in [2.45, 2.75) is 32.7 Å². The van der Waals surface area contributed by atoms with Crippen LogP contribution in [0.25, 0.3) is 11.4 Å². The Bertz CT molecular complexity index is 980. The molecule has 1 amide bonds. The Morgan fingerprint density at radius 2 is 1.78 bits per heavy atom. The molecular formula is C25H30N4O3. The summed E-state index contributed by atoms with van der Waals surface area (Å²) in [6.45, 7) is 6.30. The third kappa shape index (κ3) is 5.95. The standard InChI is InChI=1S/C25H30N4O3/c1-2-31-22-13-11-21(12-14-22)25-26-23(32-27-25)19-28-15-17-29(18-16-28)24(30)10-6-9-20-7-4-3-5-8-20/h3-5,7-8,11-14H,2,6,9-10,15-19H2,1H3. The second-order valence-corrected chi connectivity index (χ2v) is 7.97. The fraction of sp³-hybridized carbons (Fsp3) is 0.400. The summed E-state index contributed by atoms with van der Waals surface area (Å²) in [4.78, 5) is 21.3. The lowest BCUT2D eigenvalue weighted by Gasteiger charge is -2.34. The first-order chi connectivity index (χ1) is 15.7. The van der Waals surface area contributed by atoms with Gasteiger partial charge in [-0.15, -0.1) is 0 Å². The topological polar surface area (TPSA) is 71.7 Å². The zero-order valence-electron chi connectivity index (χ0n) is 18.6. The molecule has 0 spiro atoms. The van der Waals surface area contributed by atoms with Gasteiger partial charge in [0.2, 0.25) is 17.6 Å². The normalized spacial score (nSPS) is 14.5. The molecule has 4 rings (SSSR count). The summed E-state index contributed by atoms with van der Waals surface area (Å²) in [5, 5.41) is 4.11. The maximum atomic E-state index is 12.5. The highest BCUT2D eigenvalue weighted by atomic mass is 16.5. The molecule has 0 bridgehead atoms. The number of amides is 1. The van der Waals surface area contributed by atoms with Gasteiger partial charge >= 0.3 is 0 Å². The summed E-state index contributed by atoms with van der Waals surface area (Å²) in [6.07, 6.45) is 2.43. The molecule has 7 heteroatoms. The predicted octanol–water partition coefficient (Wildman–Crippen LogP) is 3.80. The molecule has 2 heterocycles. The van der Waals surface area contributed by atoms with Crippen LogP contribution in [0.4, 0.5) is 0 Å². The van der Waals surface area contributed by atoms with Crippen LogP contribution in [-0.4, -0.2) is 58.6 Å². The van der Waals surface area contributed by atoms with Gasteiger partial charge < -0.3 is 14.2 Å². The molecule has 0 aliphatic carbocycles. The number of hydrogen-bond donors (Lipinski definition) is 0. The van der Waals surface area contributed by atoms with Crippen molar-refractivity contribution in [1.82, 2.24) is 19.9 Å². The lowest BCUT2D eigenvalue weighted by Crippen LogP contribution is -2.48. The van der Waals surface area contributed by atoms with E-state index in [9.17, 15) is 4.79 Å². The molecular weight excluding hydrogens is 404 g/mol. The van der Waals surface area contributed by atoms with Crippen LogP contribution in [0.3, 0.4) is 0 Å². The van der Waals surface area contributed by atoms with Crippen LogP contribution in [0.5, 0.6) is 5.75 Å². The number of benzene rings is 2. The molecule has 0 unspecified atom stereocenters. The van der Waals surface area contributed by atoms with Crippen LogP contribution < -0.4 is 4.74 Å². The van der Waals surface area contributed by atoms with Crippen molar-refractivity contribution in [3.05, 3.63) is 66.1 Å². The van der Waals surface area contributed by atoms with Crippen molar-refractivity contribution in [3.63, 3.8) is 0 Å². The zero-order valence-corrected chi connectivity index (χ0v) is 18.6. The second kappa shape index (κ2) is 10.9. The van der Waals surface area contributed by atoms with E-state index in [0.29, 0.717) is 31.3 Å². The van der Waals surface area contributed by atoms with Crippen LogP contribution in [0.15, 0.2) is 59.1 Å². The van der Waals surface area contributed by atoms with Crippen LogP contribution in [0.2, 0.25) is 0 Å². The average Bonchev–Trinajstić information content (AvgIpc) is 3.29. The van der Waals surface area contributed by atoms with Crippen molar-refractivity contribution in [3.8, 4) is 17.1 Å². The summed E-state index contributed by atoms with van der Waals surface area (Å²) in [6, 6.07) is 18.0. The van der Waals surface area contributed by atoms with Crippen molar-refractivity contribution >= 4 is 5.91 Å². The molecule has 0 radical (unpaired) electrons. The van der Waals surface area contributed by atoms with Gasteiger partial charge in [-0.25, -0.2) is 0 Å². The van der Waals surface area contributed by atoms with Crippen molar-refractivity contribution < 1.29 is 14.1 Å². The van der Waals surface area contributed by atoms with E-state index in [1.54, 1.807) is 0 Å². The molecule has 2 aromatic carbocycles. The van der Waals surface area contributed by atoms with Gasteiger partial charge in [0, 0.05) is 38.2 Å². The highest BCUT2D eigenvalue weighted by Gasteiger charge is 2.22. The molecule has 32 heavy (non-hydrogen) atoms. The molecule has 0 N–H and O–H groups in total. The highest BCUT2D eigenvalue weighted by molar-refractivity contribution is 5.76. The lowest BCUT2D eigenvalue weighted by molar-refractivity contribution is -0.133. The highest BCUT2D eigenvalue weighted by Crippen LogP contribution is 2.20. The largest absolute Gasteiger partial charge is 0.494 e. The summed E-state index contributed by atoms with van der Waals surface area (Å²) < 4.78 is 10.9. The maximum absolute atomic E-state index is 12.5. The minimum Gasteiger partial charge on any atom is -0.494 e. The van der Waals surface area contributed by atoms with Crippen molar-refractivity contribution in [2.24, 2.45) is 0 Å². The third-order valence-corrected chi connectivity index (χ3v) is 5.67. The van der Waals surface area contributed by atoms with E-state index in [1.165, 1.54) is 5.56 Å². The van der Waals surface area contributed by atoms with Crippen LogP contribution in [0.1, 0.15) is 31.2 Å². The van der Waals surface area contributed by atoms with E-state index >= 15 is 0 Å². The minimum absolute atomic E-state index is 0.246. The van der Waals surface area contributed by atoms with Gasteiger partial charge in [0.05, 0.1) is 13.2 Å². The molecule has 1 fully saturated rings. The number of piperazine rings is 1. The first-order valence-corrected chi connectivity index (χ1v) is 11.3. The molecule has 1 aliphatic heterocycles. The molecule has 1 aromatic heterocycles. The Balaban J connectivity index is 1.21. The minimum atomic E-state index is 0.246. The number of aromatic nitrogens is 2. The van der Waals surface area contributed by atoms with Gasteiger partial charge in [-0.1, -0.05) is 35.5 Å². The summed E-state index contributed by atoms with van der Waals surface area (Å²) >= 11 is 0. The fourth-order valence-corrected chi connectivity index (χ4v) is 3.90. The number of aryl methyl sites for hydroxylation is 1. The van der Waals surface area contributed by atoms with E-state index in [1.807, 2.05) is 54.3 Å². The SMILES string of the molecule is CCOc1ccc(-c2noc(CN3CCN(C(=O)CCCc4ccccc4)CC3)n2)cc1. The van der Waals surface area contributed by atoms with Gasteiger partial charge in [0.1, 0.15) is 5.75 Å². The number of hydrogen-bond acceptors (Lipinski definition) is 6. The molecule has 1 aliphatic rings. The zero-order chi connectivity index (χ0) is 22.2. The first kappa shape index (κ1) is 22.0. The molecule has 1 saturated heterocycles. The Morgan fingerprint density at radius 3 is 2.50 bits per heavy atom. The quantitative estimate of drug-likeness (QED) is 0.510. The van der Waals surface area contributed by atoms with Gasteiger partial charge in [-0.2, -0.15) is 4.98 Å². The third-order valence-electron chi connectivity index (χ3n) is 5.67. The molecule has 3 aromatic rings. The molecule has 0 atom stereocenters. The number of nitrogens with zero attached hydrogens (tertiary/aromatic N) is 4. The van der Waals surface area contributed by atoms with E-state index in [0.717, 1.165) is 50.3 Å². The molecule has 7 nitrogen and oxygen atoms in total. The van der Waals surface area contributed by atoms with Gasteiger partial charge in [-0.05, 0) is 49.6 Å². The van der Waals surface area contributed by atoms with Crippen LogP contribution in [-0.2, 0) is 17.8 Å². The van der Waals surface area contributed by atoms with Crippen LogP contribution in [0, 0.1) is 0 Å². The Hall–Kier alpha value is -3.19. The predicted molar refractivity (Wildman–Crippen MR) is 122 cm³/mol. The number of ether oxygens (including phenoxy) is 1. The van der Waals surface area contributed by atoms with E-state index in [2.05, 4.69) is 27.2 Å². The van der Waals surface area contributed by atoms with Crippen molar-refractivity contribution in [1.29, 1.82) is 0 Å². The summed E-state index contributed by atoms with van der Waals surface area (Å²) in [5.74, 6) is 2.25. The molecule has 0 saturated carbocycles. The Kier molecular flexibility index (Phi) is 7.51. The van der Waals surface area contributed by atoms with Crippen LogP contribution >= 0.6 is 0 Å². The van der Waals surface area contributed by atoms with E-state index in [-0.39, 0.29) is 5.91 Å². The lowest BCUT2D eigenvalue weighted by atomic mass is 10.1. The van der Waals surface area contributed by atoms with Gasteiger partial charge in [-0.3, -0.25) is 9.69 Å². The number of carbonyl (C=O) groups is 1. The number of carbonyl (C=O) groups excluding carboxylic acids is 1.